The van der Waals surface area contributed by atoms with Crippen molar-refractivity contribution in [1.29, 1.82) is 0 Å². The molecule has 0 N–H and O–H groups in total. The van der Waals surface area contributed by atoms with E-state index in [4.69, 9.17) is 19.4 Å². The molecule has 0 unspecified atom stereocenters. The highest BCUT2D eigenvalue weighted by Crippen LogP contribution is 2.41. The van der Waals surface area contributed by atoms with Gasteiger partial charge < -0.3 is 8.98 Å². The molecule has 68 heavy (non-hydrogen) atoms. The highest BCUT2D eigenvalue weighted by molar-refractivity contribution is 6.18. The molecule has 0 aliphatic rings. The third-order valence-corrected chi connectivity index (χ3v) is 13.1. The molecule has 0 aliphatic heterocycles. The maximum absolute atomic E-state index is 6.98. The summed E-state index contributed by atoms with van der Waals surface area (Å²) in [7, 11) is 0. The topological polar surface area (TPSA) is 56.7 Å². The van der Waals surface area contributed by atoms with Gasteiger partial charge in [-0.3, -0.25) is 0 Å². The van der Waals surface area contributed by atoms with Gasteiger partial charge in [-0.25, -0.2) is 15.0 Å². The Kier molecular flexibility index (Phi) is 9.43. The quantitative estimate of drug-likeness (QED) is 0.153. The Morgan fingerprint density at radius 3 is 1.29 bits per heavy atom. The van der Waals surface area contributed by atoms with Gasteiger partial charge in [-0.05, 0) is 74.8 Å². The van der Waals surface area contributed by atoms with E-state index < -0.39 is 0 Å². The summed E-state index contributed by atoms with van der Waals surface area (Å²) in [5.74, 6) is 1.72. The molecule has 318 valence electrons. The third-order valence-electron chi connectivity index (χ3n) is 13.1. The summed E-state index contributed by atoms with van der Waals surface area (Å²) in [6.07, 6.45) is 0. The fraction of sp³-hybridized carbons (Fsp3) is 0. The first-order valence-electron chi connectivity index (χ1n) is 22.9. The number of hydrogen-bond donors (Lipinski definition) is 0. The van der Waals surface area contributed by atoms with Gasteiger partial charge in [0.2, 0.25) is 0 Å². The van der Waals surface area contributed by atoms with E-state index in [1.54, 1.807) is 0 Å². The molecule has 10 aromatic carbocycles. The number of para-hydroxylation sites is 2. The van der Waals surface area contributed by atoms with Gasteiger partial charge >= 0.3 is 0 Å². The Morgan fingerprint density at radius 1 is 0.279 bits per heavy atom. The number of furan rings is 1. The maximum atomic E-state index is 6.98. The van der Waals surface area contributed by atoms with Gasteiger partial charge in [-0.1, -0.05) is 206 Å². The Hall–Kier alpha value is -9.19. The lowest BCUT2D eigenvalue weighted by molar-refractivity contribution is 0.670. The molecule has 3 heterocycles. The summed E-state index contributed by atoms with van der Waals surface area (Å²) >= 11 is 0. The predicted octanol–water partition coefficient (Wildman–Crippen LogP) is 16.5. The number of rotatable bonds is 8. The van der Waals surface area contributed by atoms with Crippen LogP contribution in [0.3, 0.4) is 0 Å². The van der Waals surface area contributed by atoms with Crippen LogP contribution >= 0.6 is 0 Å². The van der Waals surface area contributed by atoms with Gasteiger partial charge in [0.25, 0.3) is 0 Å². The molecular weight excluding hydrogens is 829 g/mol. The van der Waals surface area contributed by atoms with Crippen molar-refractivity contribution in [1.82, 2.24) is 19.5 Å². The van der Waals surface area contributed by atoms with E-state index in [9.17, 15) is 0 Å². The molecule has 0 amide bonds. The van der Waals surface area contributed by atoms with E-state index in [0.717, 1.165) is 94.1 Å². The van der Waals surface area contributed by atoms with Crippen molar-refractivity contribution in [3.8, 4) is 84.4 Å². The Balaban J connectivity index is 0.939. The number of hydrogen-bond acceptors (Lipinski definition) is 4. The standard InChI is InChI=1S/C63H40N4O/c1-4-14-41(15-5-1)44-26-28-47(29-27-44)50-20-12-21-51(38-50)67-57-25-11-10-22-52(57)55-39-56-53-23-13-24-54(60(53)68-59(56)40-58(55)67)63-65-61(48-34-30-45(31-35-48)42-16-6-2-7-17-42)64-62(66-63)49-36-32-46(33-37-49)43-18-8-3-9-19-43/h1-40H. The van der Waals surface area contributed by atoms with Gasteiger partial charge in [-0.2, -0.15) is 0 Å². The van der Waals surface area contributed by atoms with Crippen LogP contribution in [0.25, 0.3) is 128 Å². The molecule has 0 saturated heterocycles. The SMILES string of the molecule is c1ccc(-c2ccc(-c3cccc(-n4c5ccccc5c5cc6c(cc54)oc4c(-c5nc(-c7ccc(-c8ccccc8)cc7)nc(-c7ccc(-c8ccccc8)cc7)n5)cccc46)c3)cc2)cc1. The van der Waals surface area contributed by atoms with Crippen LogP contribution in [-0.4, -0.2) is 19.5 Å². The first-order chi connectivity index (χ1) is 33.7. The van der Waals surface area contributed by atoms with E-state index in [-0.39, 0.29) is 0 Å². The lowest BCUT2D eigenvalue weighted by Crippen LogP contribution is -2.00. The normalized spacial score (nSPS) is 11.5. The van der Waals surface area contributed by atoms with Gasteiger partial charge in [-0.15, -0.1) is 0 Å². The molecule has 0 bridgehead atoms. The van der Waals surface area contributed by atoms with E-state index >= 15 is 0 Å². The zero-order valence-electron chi connectivity index (χ0n) is 36.8. The summed E-state index contributed by atoms with van der Waals surface area (Å²) in [5.41, 5.74) is 16.7. The average molecular weight is 869 g/mol. The summed E-state index contributed by atoms with van der Waals surface area (Å²) in [5, 5.41) is 4.37. The van der Waals surface area contributed by atoms with Crippen LogP contribution in [0, 0.1) is 0 Å². The van der Waals surface area contributed by atoms with Crippen LogP contribution in [-0.2, 0) is 0 Å². The Bertz CT molecular complexity index is 3870. The Morgan fingerprint density at radius 2 is 0.721 bits per heavy atom. The molecule has 5 nitrogen and oxygen atoms in total. The smallest absolute Gasteiger partial charge is 0.167 e. The third kappa shape index (κ3) is 6.93. The molecule has 13 rings (SSSR count). The summed E-state index contributed by atoms with van der Waals surface area (Å²) in [6, 6.07) is 85.2. The first-order valence-corrected chi connectivity index (χ1v) is 22.9. The van der Waals surface area contributed by atoms with E-state index in [1.807, 2.05) is 12.1 Å². The Labute approximate surface area is 392 Å². The molecule has 0 spiro atoms. The minimum atomic E-state index is 0.544. The van der Waals surface area contributed by atoms with Gasteiger partial charge in [0, 0.05) is 44.4 Å². The second kappa shape index (κ2) is 16.4. The van der Waals surface area contributed by atoms with Gasteiger partial charge in [0.15, 0.2) is 17.5 Å². The zero-order chi connectivity index (χ0) is 45.0. The maximum Gasteiger partial charge on any atom is 0.167 e. The monoisotopic (exact) mass is 868 g/mol. The van der Waals surface area contributed by atoms with Gasteiger partial charge in [0.1, 0.15) is 11.2 Å². The molecule has 0 fully saturated rings. The fourth-order valence-electron chi connectivity index (χ4n) is 9.66. The molecule has 3 aromatic heterocycles. The minimum Gasteiger partial charge on any atom is -0.455 e. The van der Waals surface area contributed by atoms with Crippen molar-refractivity contribution in [3.05, 3.63) is 243 Å². The predicted molar refractivity (Wildman–Crippen MR) is 279 cm³/mol. The molecule has 13 aromatic rings. The van der Waals surface area contributed by atoms with Crippen LogP contribution in [0.4, 0.5) is 0 Å². The number of fused-ring (bicyclic) bond motifs is 6. The van der Waals surface area contributed by atoms with Crippen LogP contribution in [0.2, 0.25) is 0 Å². The van der Waals surface area contributed by atoms with E-state index in [1.165, 1.54) is 16.5 Å². The van der Waals surface area contributed by atoms with Crippen LogP contribution in [0.1, 0.15) is 0 Å². The first kappa shape index (κ1) is 39.2. The van der Waals surface area contributed by atoms with Crippen molar-refractivity contribution in [2.24, 2.45) is 0 Å². The number of aromatic nitrogens is 4. The second-order valence-electron chi connectivity index (χ2n) is 17.2. The largest absolute Gasteiger partial charge is 0.455 e. The van der Waals surface area contributed by atoms with E-state index in [2.05, 4.69) is 235 Å². The highest BCUT2D eigenvalue weighted by Gasteiger charge is 2.21. The van der Waals surface area contributed by atoms with E-state index in [0.29, 0.717) is 17.5 Å². The number of benzene rings is 10. The molecule has 0 aliphatic carbocycles. The van der Waals surface area contributed by atoms with Crippen molar-refractivity contribution in [2.45, 2.75) is 0 Å². The van der Waals surface area contributed by atoms with Crippen molar-refractivity contribution in [2.75, 3.05) is 0 Å². The van der Waals surface area contributed by atoms with Crippen LogP contribution < -0.4 is 0 Å². The zero-order valence-corrected chi connectivity index (χ0v) is 36.8. The van der Waals surface area contributed by atoms with Crippen molar-refractivity contribution < 1.29 is 4.42 Å². The molecule has 0 atom stereocenters. The van der Waals surface area contributed by atoms with Crippen molar-refractivity contribution >= 4 is 43.7 Å². The lowest BCUT2D eigenvalue weighted by Gasteiger charge is -2.11. The minimum absolute atomic E-state index is 0.544. The van der Waals surface area contributed by atoms with Crippen LogP contribution in [0.15, 0.2) is 247 Å². The fourth-order valence-corrected chi connectivity index (χ4v) is 9.66. The average Bonchev–Trinajstić information content (AvgIpc) is 3.96. The summed E-state index contributed by atoms with van der Waals surface area (Å²) in [6.45, 7) is 0. The summed E-state index contributed by atoms with van der Waals surface area (Å²) < 4.78 is 9.34. The van der Waals surface area contributed by atoms with Gasteiger partial charge in [0.05, 0.1) is 16.6 Å². The molecule has 0 radical (unpaired) electrons. The lowest BCUT2D eigenvalue weighted by atomic mass is 10.00. The summed E-state index contributed by atoms with van der Waals surface area (Å²) in [4.78, 5) is 15.5. The highest BCUT2D eigenvalue weighted by atomic mass is 16.3. The van der Waals surface area contributed by atoms with Crippen LogP contribution in [0.5, 0.6) is 0 Å². The number of nitrogens with zero attached hydrogens (tertiary/aromatic N) is 4. The van der Waals surface area contributed by atoms with Crippen molar-refractivity contribution in [3.63, 3.8) is 0 Å². The molecular formula is C63H40N4O. The molecule has 0 saturated carbocycles. The second-order valence-corrected chi connectivity index (χ2v) is 17.2. The molecule has 5 heteroatoms.